The molecule has 0 aliphatic carbocycles. The van der Waals surface area contributed by atoms with E-state index in [2.05, 4.69) is 10.1 Å². The fourth-order valence-electron chi connectivity index (χ4n) is 1.85. The number of nitrogen functional groups attached to an aromatic ring is 1. The van der Waals surface area contributed by atoms with Gasteiger partial charge in [0, 0.05) is 17.4 Å². The van der Waals surface area contributed by atoms with Crippen LogP contribution in [0.2, 0.25) is 0 Å². The molecular weight excluding hydrogens is 269 g/mol. The third kappa shape index (κ3) is 2.18. The van der Waals surface area contributed by atoms with E-state index in [4.69, 9.17) is 5.73 Å². The topological polar surface area (TPSA) is 56.2 Å². The smallest absolute Gasteiger partial charge is 0.399 e. The Balaban J connectivity index is 2.11. The number of benzene rings is 1. The van der Waals surface area contributed by atoms with Gasteiger partial charge in [0.2, 0.25) is 0 Å². The summed E-state index contributed by atoms with van der Waals surface area (Å²) in [4.78, 5) is 4.18. The summed E-state index contributed by atoms with van der Waals surface area (Å²) >= 11 is 0. The van der Waals surface area contributed by atoms with Crippen molar-refractivity contribution in [3.8, 4) is 11.4 Å². The van der Waals surface area contributed by atoms with Gasteiger partial charge in [0.25, 0.3) is 0 Å². The zero-order chi connectivity index (χ0) is 14.3. The average Bonchev–Trinajstić information content (AvgIpc) is 2.80. The lowest BCUT2D eigenvalue weighted by molar-refractivity contribution is -0.137. The molecule has 7 heteroatoms. The quantitative estimate of drug-likeness (QED) is 0.696. The number of alkyl halides is 3. The van der Waals surface area contributed by atoms with E-state index in [9.17, 15) is 13.2 Å². The third-order valence-electron chi connectivity index (χ3n) is 2.80. The van der Waals surface area contributed by atoms with Crippen molar-refractivity contribution in [2.24, 2.45) is 0 Å². The largest absolute Gasteiger partial charge is 0.417 e. The van der Waals surface area contributed by atoms with Crippen LogP contribution in [0.15, 0.2) is 42.6 Å². The third-order valence-corrected chi connectivity index (χ3v) is 2.80. The standard InChI is InChI=1S/C13H9F3N4/c14-13(15,16)9-4-5-11-18-12(19-20(11)7-9)8-2-1-3-10(17)6-8/h1-7H,17H2. The SMILES string of the molecule is Nc1cccc(-c2nc3ccc(C(F)(F)F)cn3n2)c1. The molecule has 0 aliphatic rings. The van der Waals surface area contributed by atoms with Crippen LogP contribution < -0.4 is 5.73 Å². The summed E-state index contributed by atoms with van der Waals surface area (Å²) in [6.45, 7) is 0. The lowest BCUT2D eigenvalue weighted by Gasteiger charge is -2.05. The van der Waals surface area contributed by atoms with Crippen molar-refractivity contribution in [3.63, 3.8) is 0 Å². The Hall–Kier alpha value is -2.57. The van der Waals surface area contributed by atoms with Gasteiger partial charge in [-0.15, -0.1) is 5.10 Å². The molecule has 0 saturated heterocycles. The first-order valence-corrected chi connectivity index (χ1v) is 5.73. The number of pyridine rings is 1. The van der Waals surface area contributed by atoms with Crippen LogP contribution in [0, 0.1) is 0 Å². The number of hydrogen-bond acceptors (Lipinski definition) is 3. The summed E-state index contributed by atoms with van der Waals surface area (Å²) in [5.74, 6) is 0.330. The fourth-order valence-corrected chi connectivity index (χ4v) is 1.85. The van der Waals surface area contributed by atoms with Crippen LogP contribution >= 0.6 is 0 Å². The summed E-state index contributed by atoms with van der Waals surface area (Å²) < 4.78 is 39.0. The molecule has 0 fully saturated rings. The molecule has 20 heavy (non-hydrogen) atoms. The molecule has 0 atom stereocenters. The fraction of sp³-hybridized carbons (Fsp3) is 0.0769. The Morgan fingerprint density at radius 1 is 1.10 bits per heavy atom. The van der Waals surface area contributed by atoms with Crippen molar-refractivity contribution in [1.82, 2.24) is 14.6 Å². The second-order valence-electron chi connectivity index (χ2n) is 4.28. The van der Waals surface area contributed by atoms with Crippen LogP contribution in [0.25, 0.3) is 17.0 Å². The highest BCUT2D eigenvalue weighted by Gasteiger charge is 2.31. The molecule has 0 radical (unpaired) electrons. The molecule has 2 heterocycles. The molecule has 2 aromatic heterocycles. The molecule has 0 spiro atoms. The highest BCUT2D eigenvalue weighted by Crippen LogP contribution is 2.29. The first-order chi connectivity index (χ1) is 9.43. The van der Waals surface area contributed by atoms with Crippen molar-refractivity contribution >= 4 is 11.3 Å². The van der Waals surface area contributed by atoms with Crippen LogP contribution in [0.1, 0.15) is 5.56 Å². The van der Waals surface area contributed by atoms with Gasteiger partial charge in [0.05, 0.1) is 5.56 Å². The Kier molecular flexibility index (Phi) is 2.63. The van der Waals surface area contributed by atoms with Crippen molar-refractivity contribution in [2.75, 3.05) is 5.73 Å². The molecule has 102 valence electrons. The van der Waals surface area contributed by atoms with Gasteiger partial charge >= 0.3 is 6.18 Å². The van der Waals surface area contributed by atoms with Crippen molar-refractivity contribution < 1.29 is 13.2 Å². The summed E-state index contributed by atoms with van der Waals surface area (Å²) in [6.07, 6.45) is -3.49. The molecule has 0 saturated carbocycles. The number of fused-ring (bicyclic) bond motifs is 1. The summed E-state index contributed by atoms with van der Waals surface area (Å²) in [5, 5.41) is 4.05. The van der Waals surface area contributed by atoms with Crippen LogP contribution in [0.5, 0.6) is 0 Å². The lowest BCUT2D eigenvalue weighted by atomic mass is 10.2. The predicted molar refractivity (Wildman–Crippen MR) is 67.8 cm³/mol. The molecule has 4 nitrogen and oxygen atoms in total. The van der Waals surface area contributed by atoms with E-state index in [1.807, 2.05) is 0 Å². The van der Waals surface area contributed by atoms with Crippen molar-refractivity contribution in [3.05, 3.63) is 48.2 Å². The zero-order valence-electron chi connectivity index (χ0n) is 10.1. The Labute approximate surface area is 111 Å². The lowest BCUT2D eigenvalue weighted by Crippen LogP contribution is -2.06. The van der Waals surface area contributed by atoms with Gasteiger partial charge in [-0.2, -0.15) is 13.2 Å². The number of halogens is 3. The number of anilines is 1. The Morgan fingerprint density at radius 2 is 1.90 bits per heavy atom. The van der Waals surface area contributed by atoms with E-state index in [0.29, 0.717) is 22.7 Å². The Morgan fingerprint density at radius 3 is 2.60 bits per heavy atom. The minimum atomic E-state index is -4.41. The van der Waals surface area contributed by atoms with Gasteiger partial charge in [-0.25, -0.2) is 9.50 Å². The highest BCUT2D eigenvalue weighted by molar-refractivity contribution is 5.62. The van der Waals surface area contributed by atoms with E-state index in [1.165, 1.54) is 6.07 Å². The van der Waals surface area contributed by atoms with Crippen LogP contribution in [0.3, 0.4) is 0 Å². The minimum Gasteiger partial charge on any atom is -0.399 e. The van der Waals surface area contributed by atoms with E-state index >= 15 is 0 Å². The Bertz CT molecular complexity index is 777. The van der Waals surface area contributed by atoms with E-state index in [0.717, 1.165) is 16.8 Å². The molecule has 3 aromatic rings. The van der Waals surface area contributed by atoms with Crippen molar-refractivity contribution in [2.45, 2.75) is 6.18 Å². The molecule has 2 N–H and O–H groups in total. The highest BCUT2D eigenvalue weighted by atomic mass is 19.4. The maximum absolute atomic E-state index is 12.6. The molecular formula is C13H9F3N4. The number of aromatic nitrogens is 3. The minimum absolute atomic E-state index is 0.330. The number of nitrogens with zero attached hydrogens (tertiary/aromatic N) is 3. The number of rotatable bonds is 1. The first kappa shape index (κ1) is 12.5. The van der Waals surface area contributed by atoms with Gasteiger partial charge in [-0.3, -0.25) is 0 Å². The monoisotopic (exact) mass is 278 g/mol. The average molecular weight is 278 g/mol. The molecule has 0 aliphatic heterocycles. The predicted octanol–water partition coefficient (Wildman–Crippen LogP) is 3.00. The molecule has 0 bridgehead atoms. The van der Waals surface area contributed by atoms with Gasteiger partial charge in [0.1, 0.15) is 0 Å². The molecule has 3 rings (SSSR count). The van der Waals surface area contributed by atoms with Crippen LogP contribution in [-0.4, -0.2) is 14.6 Å². The summed E-state index contributed by atoms with van der Waals surface area (Å²) in [5.41, 5.74) is 6.43. The van der Waals surface area contributed by atoms with E-state index < -0.39 is 11.7 Å². The van der Waals surface area contributed by atoms with Gasteiger partial charge in [-0.05, 0) is 24.3 Å². The second kappa shape index (κ2) is 4.22. The van der Waals surface area contributed by atoms with Crippen LogP contribution in [-0.2, 0) is 6.18 Å². The summed E-state index contributed by atoms with van der Waals surface area (Å²) in [6, 6.07) is 9.12. The first-order valence-electron chi connectivity index (χ1n) is 5.73. The van der Waals surface area contributed by atoms with Crippen molar-refractivity contribution in [1.29, 1.82) is 0 Å². The molecule has 0 amide bonds. The second-order valence-corrected chi connectivity index (χ2v) is 4.28. The van der Waals surface area contributed by atoms with E-state index in [1.54, 1.807) is 24.3 Å². The zero-order valence-corrected chi connectivity index (χ0v) is 10.1. The number of nitrogens with two attached hydrogens (primary N) is 1. The molecule has 0 unspecified atom stereocenters. The summed E-state index contributed by atoms with van der Waals surface area (Å²) in [7, 11) is 0. The van der Waals surface area contributed by atoms with Gasteiger partial charge in [0.15, 0.2) is 11.5 Å². The number of hydrogen-bond donors (Lipinski definition) is 1. The normalized spacial score (nSPS) is 11.9. The maximum atomic E-state index is 12.6. The maximum Gasteiger partial charge on any atom is 0.417 e. The van der Waals surface area contributed by atoms with Gasteiger partial charge < -0.3 is 5.73 Å². The van der Waals surface area contributed by atoms with Crippen LogP contribution in [0.4, 0.5) is 18.9 Å². The molecule has 1 aromatic carbocycles. The van der Waals surface area contributed by atoms with Gasteiger partial charge in [-0.1, -0.05) is 12.1 Å². The van der Waals surface area contributed by atoms with E-state index in [-0.39, 0.29) is 0 Å².